The minimum Gasteiger partial charge on any atom is -0.481 e. The summed E-state index contributed by atoms with van der Waals surface area (Å²) in [6, 6.07) is 7.62. The molecule has 0 aliphatic heterocycles. The van der Waals surface area contributed by atoms with Gasteiger partial charge in [-0.05, 0) is 24.3 Å². The molecule has 3 rings (SSSR count). The third kappa shape index (κ3) is 4.37. The molecule has 29 heavy (non-hydrogen) atoms. The topological polar surface area (TPSA) is 99.6 Å². The van der Waals surface area contributed by atoms with Crippen molar-refractivity contribution in [3.8, 4) is 22.3 Å². The van der Waals surface area contributed by atoms with E-state index in [0.717, 1.165) is 0 Å². The Morgan fingerprint density at radius 1 is 1.07 bits per heavy atom. The molecule has 0 radical (unpaired) electrons. The van der Waals surface area contributed by atoms with Crippen LogP contribution in [0.15, 0.2) is 30.3 Å². The Hall–Kier alpha value is -3.41. The minimum atomic E-state index is -5.21. The van der Waals surface area contributed by atoms with Crippen molar-refractivity contribution in [3.63, 3.8) is 0 Å². The first-order valence-corrected chi connectivity index (χ1v) is 8.63. The number of hydrogen-bond donors (Lipinski definition) is 1. The maximum atomic E-state index is 12.1. The van der Waals surface area contributed by atoms with Crippen LogP contribution >= 0.6 is 11.3 Å². The number of carbonyl (C=O) groups excluding carboxylic acids is 2. The average molecular weight is 427 g/mol. The Balaban J connectivity index is 1.85. The van der Waals surface area contributed by atoms with Gasteiger partial charge in [0, 0.05) is 11.6 Å². The van der Waals surface area contributed by atoms with Crippen LogP contribution < -0.4 is 15.0 Å². The van der Waals surface area contributed by atoms with E-state index in [2.05, 4.69) is 14.8 Å². The molecular weight excluding hydrogens is 415 g/mol. The first-order chi connectivity index (χ1) is 13.7. The highest BCUT2D eigenvalue weighted by atomic mass is 32.1. The highest BCUT2D eigenvalue weighted by Gasteiger charge is 2.42. The third-order valence-electron chi connectivity index (χ3n) is 3.59. The molecule has 0 bridgehead atoms. The van der Waals surface area contributed by atoms with E-state index in [1.165, 1.54) is 49.2 Å². The Morgan fingerprint density at radius 2 is 1.83 bits per heavy atom. The molecule has 0 spiro atoms. The molecule has 8 nitrogen and oxygen atoms in total. The van der Waals surface area contributed by atoms with E-state index in [-0.39, 0.29) is 5.56 Å². The molecule has 3 aromatic rings. The summed E-state index contributed by atoms with van der Waals surface area (Å²) in [5.41, 5.74) is 2.60. The normalized spacial score (nSPS) is 11.2. The largest absolute Gasteiger partial charge is 0.493 e. The summed E-state index contributed by atoms with van der Waals surface area (Å²) in [5.74, 6) is -2.88. The summed E-state index contributed by atoms with van der Waals surface area (Å²) in [5, 5.41) is 0.549. The summed E-state index contributed by atoms with van der Waals surface area (Å²) >= 11 is 1.21. The number of methoxy groups -OCH3 is 2. The zero-order chi connectivity index (χ0) is 21.2. The van der Waals surface area contributed by atoms with Gasteiger partial charge in [-0.25, -0.2) is 9.78 Å². The van der Waals surface area contributed by atoms with E-state index in [4.69, 9.17) is 9.47 Å². The van der Waals surface area contributed by atoms with Crippen LogP contribution in [0, 0.1) is 0 Å². The van der Waals surface area contributed by atoms with Gasteiger partial charge in [-0.15, -0.1) is 11.3 Å². The molecule has 2 heterocycles. The standard InChI is InChI=1S/C17H12F3N3O5S/c1-26-12-6-4-9(14(22-12)27-2)15-21-10-5-3-8(7-11(10)29-15)13(24)23-28-16(25)17(18,19)20/h3-7H,1-2H3,(H,23,24). The van der Waals surface area contributed by atoms with Crippen LogP contribution in [-0.4, -0.2) is 42.2 Å². The number of nitrogens with one attached hydrogen (secondary N) is 1. The van der Waals surface area contributed by atoms with Crippen molar-refractivity contribution in [3.05, 3.63) is 35.9 Å². The predicted octanol–water partition coefficient (Wildman–Crippen LogP) is 3.13. The van der Waals surface area contributed by atoms with E-state index in [0.29, 0.717) is 32.5 Å². The summed E-state index contributed by atoms with van der Waals surface area (Å²) in [7, 11) is 2.92. The molecule has 2 aromatic heterocycles. The van der Waals surface area contributed by atoms with Gasteiger partial charge in [0.2, 0.25) is 11.8 Å². The van der Waals surface area contributed by atoms with Crippen LogP contribution in [0.4, 0.5) is 13.2 Å². The number of hydrogen-bond acceptors (Lipinski definition) is 8. The lowest BCUT2D eigenvalue weighted by molar-refractivity contribution is -0.204. The molecule has 1 aromatic carbocycles. The molecule has 0 aliphatic rings. The number of pyridine rings is 1. The number of thiazole rings is 1. The van der Waals surface area contributed by atoms with Crippen molar-refractivity contribution in [1.29, 1.82) is 0 Å². The number of nitrogens with zero attached hydrogens (tertiary/aromatic N) is 2. The smallest absolute Gasteiger partial charge is 0.481 e. The van der Waals surface area contributed by atoms with E-state index in [1.54, 1.807) is 12.1 Å². The van der Waals surface area contributed by atoms with Gasteiger partial charge in [-0.1, -0.05) is 0 Å². The van der Waals surface area contributed by atoms with Gasteiger partial charge < -0.3 is 14.3 Å². The van der Waals surface area contributed by atoms with Crippen molar-refractivity contribution < 1.29 is 37.1 Å². The zero-order valence-electron chi connectivity index (χ0n) is 14.9. The summed E-state index contributed by atoms with van der Waals surface area (Å²) in [6.45, 7) is 0. The number of rotatable bonds is 4. The highest BCUT2D eigenvalue weighted by Crippen LogP contribution is 2.36. The highest BCUT2D eigenvalue weighted by molar-refractivity contribution is 7.21. The van der Waals surface area contributed by atoms with Crippen molar-refractivity contribution in [2.45, 2.75) is 6.18 Å². The number of ether oxygens (including phenoxy) is 2. The summed E-state index contributed by atoms with van der Waals surface area (Å²) < 4.78 is 47.3. The Kier molecular flexibility index (Phi) is 5.55. The monoisotopic (exact) mass is 427 g/mol. The van der Waals surface area contributed by atoms with Gasteiger partial charge in [-0.2, -0.15) is 23.6 Å². The van der Waals surface area contributed by atoms with Gasteiger partial charge >= 0.3 is 12.1 Å². The predicted molar refractivity (Wildman–Crippen MR) is 95.6 cm³/mol. The van der Waals surface area contributed by atoms with Crippen molar-refractivity contribution in [2.75, 3.05) is 14.2 Å². The molecule has 1 N–H and O–H groups in total. The second kappa shape index (κ2) is 7.91. The molecule has 0 fully saturated rings. The maximum Gasteiger partial charge on any atom is 0.493 e. The molecule has 1 amide bonds. The fraction of sp³-hybridized carbons (Fsp3) is 0.176. The average Bonchev–Trinajstić information content (AvgIpc) is 3.13. The Morgan fingerprint density at radius 3 is 2.48 bits per heavy atom. The maximum absolute atomic E-state index is 12.1. The molecule has 152 valence electrons. The fourth-order valence-electron chi connectivity index (χ4n) is 2.25. The van der Waals surface area contributed by atoms with Gasteiger partial charge in [-0.3, -0.25) is 4.79 Å². The van der Waals surface area contributed by atoms with Crippen LogP contribution in [-0.2, 0) is 9.63 Å². The first kappa shape index (κ1) is 20.3. The van der Waals surface area contributed by atoms with Crippen molar-refractivity contribution in [2.24, 2.45) is 0 Å². The van der Waals surface area contributed by atoms with Crippen LogP contribution in [0.5, 0.6) is 11.8 Å². The van der Waals surface area contributed by atoms with E-state index < -0.39 is 18.1 Å². The minimum absolute atomic E-state index is 0.0116. The second-order valence-electron chi connectivity index (χ2n) is 5.43. The lowest BCUT2D eigenvalue weighted by Gasteiger charge is -2.07. The molecule has 0 saturated carbocycles. The first-order valence-electron chi connectivity index (χ1n) is 7.81. The molecule has 0 atom stereocenters. The molecule has 12 heteroatoms. The number of alkyl halides is 3. The van der Waals surface area contributed by atoms with Gasteiger partial charge in [0.05, 0.1) is 30.0 Å². The van der Waals surface area contributed by atoms with E-state index in [9.17, 15) is 22.8 Å². The summed E-state index contributed by atoms with van der Waals surface area (Å²) in [4.78, 5) is 35.0. The van der Waals surface area contributed by atoms with Crippen LogP contribution in [0.25, 0.3) is 20.8 Å². The van der Waals surface area contributed by atoms with Crippen molar-refractivity contribution >= 4 is 33.4 Å². The number of halogens is 3. The lowest BCUT2D eigenvalue weighted by atomic mass is 10.2. The Bertz CT molecular complexity index is 1080. The van der Waals surface area contributed by atoms with Crippen LogP contribution in [0.3, 0.4) is 0 Å². The number of benzene rings is 1. The Labute approximate surface area is 165 Å². The van der Waals surface area contributed by atoms with Gasteiger partial charge in [0.25, 0.3) is 5.91 Å². The van der Waals surface area contributed by atoms with Crippen LogP contribution in [0.2, 0.25) is 0 Å². The SMILES string of the molecule is COc1ccc(-c2nc3ccc(C(=O)NOC(=O)C(F)(F)F)cc3s2)c(OC)n1. The van der Waals surface area contributed by atoms with E-state index in [1.807, 2.05) is 0 Å². The van der Waals surface area contributed by atoms with Gasteiger partial charge in [0.1, 0.15) is 5.01 Å². The third-order valence-corrected chi connectivity index (χ3v) is 4.64. The lowest BCUT2D eigenvalue weighted by Crippen LogP contribution is -2.34. The number of amides is 1. The number of hydroxylamine groups is 1. The molecule has 0 unspecified atom stereocenters. The number of fused-ring (bicyclic) bond motifs is 1. The fourth-order valence-corrected chi connectivity index (χ4v) is 3.27. The number of carbonyl (C=O) groups is 2. The number of aromatic nitrogens is 2. The zero-order valence-corrected chi connectivity index (χ0v) is 15.7. The second-order valence-corrected chi connectivity index (χ2v) is 6.46. The quantitative estimate of drug-likeness (QED) is 0.639. The van der Waals surface area contributed by atoms with Gasteiger partial charge in [0.15, 0.2) is 0 Å². The van der Waals surface area contributed by atoms with E-state index >= 15 is 0 Å². The molecule has 0 aliphatic carbocycles. The molecular formula is C17H12F3N3O5S. The van der Waals surface area contributed by atoms with Crippen LogP contribution in [0.1, 0.15) is 10.4 Å². The summed E-state index contributed by atoms with van der Waals surface area (Å²) in [6.07, 6.45) is -5.21. The van der Waals surface area contributed by atoms with Crippen molar-refractivity contribution in [1.82, 2.24) is 15.4 Å². The molecule has 0 saturated heterocycles.